The summed E-state index contributed by atoms with van der Waals surface area (Å²) in [6, 6.07) is 9.93. The Bertz CT molecular complexity index is 1180. The molecular weight excluding hydrogens is 583 g/mol. The van der Waals surface area contributed by atoms with Crippen LogP contribution in [0.3, 0.4) is 0 Å². The van der Waals surface area contributed by atoms with Crippen LogP contribution in [0.5, 0.6) is 0 Å². The molecule has 1 aliphatic heterocycles. The molecule has 0 radical (unpaired) electrons. The molecule has 210 valence electrons. The molecule has 0 spiro atoms. The van der Waals surface area contributed by atoms with Crippen molar-refractivity contribution in [2.45, 2.75) is 44.4 Å². The average molecular weight is 612 g/mol. The highest BCUT2D eigenvalue weighted by Gasteiger charge is 2.38. The highest BCUT2D eigenvalue weighted by atomic mass is 79.9. The molecule has 39 heavy (non-hydrogen) atoms. The van der Waals surface area contributed by atoms with Crippen molar-refractivity contribution in [2.75, 3.05) is 38.2 Å². The zero-order chi connectivity index (χ0) is 28.6. The number of carbonyl (C=O) groups excluding carboxylic acids is 1. The number of aliphatic carboxylic acids is 1. The maximum Gasteiger partial charge on any atom is 0.490 e. The van der Waals surface area contributed by atoms with Crippen LogP contribution in [0.4, 0.5) is 19.0 Å². The van der Waals surface area contributed by atoms with Crippen LogP contribution in [0, 0.1) is 11.3 Å². The minimum atomic E-state index is -5.08. The number of nitrogens with zero attached hydrogens (tertiary/aromatic N) is 6. The summed E-state index contributed by atoms with van der Waals surface area (Å²) in [5.74, 6) is -2.35. The highest BCUT2D eigenvalue weighted by molar-refractivity contribution is 9.10. The van der Waals surface area contributed by atoms with Crippen LogP contribution in [0.25, 0.3) is 0 Å². The number of hydrogen-bond acceptors (Lipinski definition) is 8. The molecule has 0 atom stereocenters. The number of carboxylic acid groups (broad SMARTS) is 1. The normalized spacial score (nSPS) is 16.6. The van der Waals surface area contributed by atoms with E-state index in [2.05, 4.69) is 48.2 Å². The summed E-state index contributed by atoms with van der Waals surface area (Å²) in [4.78, 5) is 35.1. The summed E-state index contributed by atoms with van der Waals surface area (Å²) in [5.41, 5.74) is 4.84. The van der Waals surface area contributed by atoms with Gasteiger partial charge in [0.15, 0.2) is 5.82 Å². The molecule has 1 saturated carbocycles. The number of nitriles is 1. The summed E-state index contributed by atoms with van der Waals surface area (Å²) < 4.78 is 32.4. The van der Waals surface area contributed by atoms with Crippen LogP contribution in [0.2, 0.25) is 0 Å². The topological polar surface area (TPSA) is 126 Å². The number of piperazine rings is 1. The third kappa shape index (κ3) is 8.87. The molecule has 1 aromatic carbocycles. The Morgan fingerprint density at radius 2 is 1.77 bits per heavy atom. The van der Waals surface area contributed by atoms with E-state index in [4.69, 9.17) is 9.90 Å². The van der Waals surface area contributed by atoms with E-state index in [9.17, 15) is 23.2 Å². The number of alkyl halides is 3. The number of amides is 1. The van der Waals surface area contributed by atoms with E-state index in [1.165, 1.54) is 5.56 Å². The summed E-state index contributed by atoms with van der Waals surface area (Å²) >= 11 is 3.48. The number of hydrazine groups is 1. The first-order chi connectivity index (χ1) is 18.5. The van der Waals surface area contributed by atoms with Gasteiger partial charge in [0.2, 0.25) is 5.82 Å². The summed E-state index contributed by atoms with van der Waals surface area (Å²) in [6.45, 7) is 5.20. The molecule has 0 unspecified atom stereocenters. The molecule has 1 amide bonds. The third-order valence-corrected chi connectivity index (χ3v) is 6.99. The van der Waals surface area contributed by atoms with Gasteiger partial charge in [0.1, 0.15) is 6.07 Å². The third-order valence-electron chi connectivity index (χ3n) is 6.43. The molecule has 0 bridgehead atoms. The number of aromatic nitrogens is 2. The van der Waals surface area contributed by atoms with Gasteiger partial charge in [0.25, 0.3) is 5.91 Å². The largest absolute Gasteiger partial charge is 0.490 e. The van der Waals surface area contributed by atoms with Gasteiger partial charge in [-0.2, -0.15) is 23.4 Å². The molecule has 2 N–H and O–H groups in total. The summed E-state index contributed by atoms with van der Waals surface area (Å²) in [5, 5.41) is 18.1. The van der Waals surface area contributed by atoms with Crippen molar-refractivity contribution in [2.24, 2.45) is 0 Å². The average Bonchev–Trinajstić information content (AvgIpc) is 3.44. The van der Waals surface area contributed by atoms with Crippen LogP contribution in [0.1, 0.15) is 47.4 Å². The maximum atomic E-state index is 13.1. The Balaban J connectivity index is 0.000000532. The zero-order valence-electron chi connectivity index (χ0n) is 21.3. The predicted octanol–water partition coefficient (Wildman–Crippen LogP) is 3.59. The molecule has 2 heterocycles. The number of halogens is 4. The van der Waals surface area contributed by atoms with Gasteiger partial charge in [-0.3, -0.25) is 20.1 Å². The van der Waals surface area contributed by atoms with E-state index in [0.717, 1.165) is 58.4 Å². The fourth-order valence-corrected chi connectivity index (χ4v) is 4.64. The van der Waals surface area contributed by atoms with Crippen molar-refractivity contribution in [1.82, 2.24) is 25.2 Å². The maximum absolute atomic E-state index is 13.1. The smallest absolute Gasteiger partial charge is 0.475 e. The fraction of sp³-hybridized carbons (Fsp3) is 0.480. The molecule has 10 nitrogen and oxygen atoms in total. The first-order valence-electron chi connectivity index (χ1n) is 12.3. The van der Waals surface area contributed by atoms with Gasteiger partial charge in [-0.25, -0.2) is 9.78 Å². The number of carbonyl (C=O) groups is 2. The number of likely N-dealkylation sites (N-methyl/N-ethyl adjacent to an activating group) is 1. The van der Waals surface area contributed by atoms with Crippen molar-refractivity contribution >= 4 is 33.6 Å². The Kier molecular flexibility index (Phi) is 10.6. The quantitative estimate of drug-likeness (QED) is 0.471. The lowest BCUT2D eigenvalue weighted by Gasteiger charge is -2.32. The minimum absolute atomic E-state index is 0.0775. The monoisotopic (exact) mass is 611 g/mol. The lowest BCUT2D eigenvalue weighted by Crippen LogP contribution is -2.48. The second-order valence-electron chi connectivity index (χ2n) is 9.31. The van der Waals surface area contributed by atoms with Gasteiger partial charge in [-0.15, -0.1) is 0 Å². The number of benzene rings is 1. The molecule has 4 rings (SSSR count). The van der Waals surface area contributed by atoms with E-state index in [-0.39, 0.29) is 17.8 Å². The van der Waals surface area contributed by atoms with Crippen LogP contribution in [-0.4, -0.2) is 82.2 Å². The SMILES string of the molecule is CN1CCN(Cc2ccc(C(=O)NN(c3nc(C#N)ncc3Br)C3CCCC3)cc2)CC1.O=C(O)C(F)(F)F. The van der Waals surface area contributed by atoms with Gasteiger partial charge in [0.05, 0.1) is 10.5 Å². The van der Waals surface area contributed by atoms with Crippen LogP contribution >= 0.6 is 15.9 Å². The van der Waals surface area contributed by atoms with Gasteiger partial charge in [-0.1, -0.05) is 25.0 Å². The van der Waals surface area contributed by atoms with Crippen molar-refractivity contribution < 1.29 is 27.9 Å². The summed E-state index contributed by atoms with van der Waals surface area (Å²) in [6.07, 6.45) is 0.602. The molecule has 2 fully saturated rings. The van der Waals surface area contributed by atoms with Crippen LogP contribution in [-0.2, 0) is 11.3 Å². The Morgan fingerprint density at radius 1 is 1.18 bits per heavy atom. The fourth-order valence-electron chi connectivity index (χ4n) is 4.26. The van der Waals surface area contributed by atoms with Gasteiger partial charge in [0, 0.05) is 44.5 Å². The van der Waals surface area contributed by atoms with Crippen LogP contribution < -0.4 is 10.4 Å². The number of hydrogen-bond donors (Lipinski definition) is 2. The van der Waals surface area contributed by atoms with Crippen LogP contribution in [0.15, 0.2) is 34.9 Å². The van der Waals surface area contributed by atoms with E-state index in [1.807, 2.05) is 30.3 Å². The number of nitrogens with one attached hydrogen (secondary N) is 1. The molecular formula is C25H29BrF3N7O3. The lowest BCUT2D eigenvalue weighted by molar-refractivity contribution is -0.192. The Labute approximate surface area is 232 Å². The van der Waals surface area contributed by atoms with Crippen molar-refractivity contribution in [3.05, 3.63) is 51.9 Å². The first kappa shape index (κ1) is 30.3. The number of carboxylic acids is 1. The van der Waals surface area contributed by atoms with Gasteiger partial charge < -0.3 is 10.0 Å². The standard InChI is InChI=1S/C23H28BrN7O.C2HF3O2/c1-29-10-12-30(13-11-29)16-17-6-8-18(9-7-17)23(32)28-31(19-4-2-3-5-19)22-20(24)15-26-21(14-25)27-22;3-2(4,5)1(6)7/h6-9,15,19H,2-5,10-13,16H2,1H3,(H,28,32);(H,6,7). The van der Waals surface area contributed by atoms with Gasteiger partial charge in [-0.05, 0) is 53.5 Å². The molecule has 2 aromatic rings. The summed E-state index contributed by atoms with van der Waals surface area (Å²) in [7, 11) is 2.15. The lowest BCUT2D eigenvalue weighted by atomic mass is 10.1. The number of rotatable bonds is 6. The van der Waals surface area contributed by atoms with E-state index in [0.29, 0.717) is 15.9 Å². The zero-order valence-corrected chi connectivity index (χ0v) is 22.9. The van der Waals surface area contributed by atoms with Gasteiger partial charge >= 0.3 is 12.1 Å². The second-order valence-corrected chi connectivity index (χ2v) is 10.2. The number of anilines is 1. The second kappa shape index (κ2) is 13.7. The Hall–Kier alpha value is -3.28. The molecule has 14 heteroatoms. The molecule has 2 aliphatic rings. The van der Waals surface area contributed by atoms with Crippen molar-refractivity contribution in [3.8, 4) is 6.07 Å². The van der Waals surface area contributed by atoms with Crippen molar-refractivity contribution in [1.29, 1.82) is 5.26 Å². The molecule has 1 aromatic heterocycles. The minimum Gasteiger partial charge on any atom is -0.475 e. The predicted molar refractivity (Wildman–Crippen MR) is 140 cm³/mol. The van der Waals surface area contributed by atoms with E-state index < -0.39 is 12.1 Å². The first-order valence-corrected chi connectivity index (χ1v) is 13.1. The Morgan fingerprint density at radius 3 is 2.31 bits per heavy atom. The van der Waals surface area contributed by atoms with Crippen molar-refractivity contribution in [3.63, 3.8) is 0 Å². The van der Waals surface area contributed by atoms with E-state index in [1.54, 1.807) is 11.2 Å². The van der Waals surface area contributed by atoms with E-state index >= 15 is 0 Å². The molecule has 1 aliphatic carbocycles. The molecule has 1 saturated heterocycles. The highest BCUT2D eigenvalue weighted by Crippen LogP contribution is 2.30.